The molecule has 7 nitrogen and oxygen atoms in total. The fourth-order valence-corrected chi connectivity index (χ4v) is 4.62. The van der Waals surface area contributed by atoms with Crippen LogP contribution in [0.15, 0.2) is 35.0 Å². The number of amides is 2. The van der Waals surface area contributed by atoms with Crippen LogP contribution in [-0.4, -0.2) is 43.1 Å². The Morgan fingerprint density at radius 2 is 1.77 bits per heavy atom. The van der Waals surface area contributed by atoms with Crippen LogP contribution in [-0.2, 0) is 16.1 Å². The molecule has 1 unspecified atom stereocenters. The lowest BCUT2D eigenvalue weighted by atomic mass is 10.1. The normalized spacial score (nSPS) is 17.2. The number of hydrogen-bond acceptors (Lipinski definition) is 6. The van der Waals surface area contributed by atoms with Gasteiger partial charge in [0.15, 0.2) is 11.5 Å². The maximum atomic E-state index is 12.4. The largest absolute Gasteiger partial charge is 0.454 e. The van der Waals surface area contributed by atoms with E-state index in [1.165, 1.54) is 31.2 Å². The van der Waals surface area contributed by atoms with Gasteiger partial charge in [0, 0.05) is 13.1 Å². The van der Waals surface area contributed by atoms with Crippen LogP contribution in [0.4, 0.5) is 0 Å². The van der Waals surface area contributed by atoms with Gasteiger partial charge < -0.3 is 20.1 Å². The van der Waals surface area contributed by atoms with Crippen molar-refractivity contribution in [1.29, 1.82) is 0 Å². The average Bonchev–Trinajstić information content (AvgIpc) is 3.39. The molecule has 0 spiro atoms. The number of nitrogens with zero attached hydrogens (tertiary/aromatic N) is 1. The number of benzene rings is 1. The van der Waals surface area contributed by atoms with Crippen molar-refractivity contribution in [3.05, 3.63) is 46.2 Å². The maximum Gasteiger partial charge on any atom is 0.309 e. The molecular weight excluding hydrogens is 402 g/mol. The zero-order valence-electron chi connectivity index (χ0n) is 16.9. The smallest absolute Gasteiger partial charge is 0.309 e. The number of thiophene rings is 1. The number of likely N-dealkylation sites (tertiary alicyclic amines) is 1. The van der Waals surface area contributed by atoms with Crippen molar-refractivity contribution >= 4 is 23.2 Å². The summed E-state index contributed by atoms with van der Waals surface area (Å²) in [6, 6.07) is 7.66. The van der Waals surface area contributed by atoms with E-state index in [1.54, 1.807) is 17.4 Å². The predicted molar refractivity (Wildman–Crippen MR) is 115 cm³/mol. The molecule has 2 N–H and O–H groups in total. The molecule has 1 fully saturated rings. The molecular formula is C22H27N3O4S. The SMILES string of the molecule is O=C(NCc1ccc2c(c1)OCO2)C(=O)NCC(c1ccsc1)N1CCCCCC1. The lowest BCUT2D eigenvalue weighted by Crippen LogP contribution is -2.44. The van der Waals surface area contributed by atoms with Crippen molar-refractivity contribution < 1.29 is 19.1 Å². The first-order valence-electron chi connectivity index (χ1n) is 10.4. The van der Waals surface area contributed by atoms with Crippen molar-refractivity contribution in [2.24, 2.45) is 0 Å². The third-order valence-corrected chi connectivity index (χ3v) is 6.26. The van der Waals surface area contributed by atoms with E-state index in [4.69, 9.17) is 9.47 Å². The van der Waals surface area contributed by atoms with Gasteiger partial charge in [-0.2, -0.15) is 11.3 Å². The van der Waals surface area contributed by atoms with Gasteiger partial charge in [-0.25, -0.2) is 0 Å². The van der Waals surface area contributed by atoms with Gasteiger partial charge in [0.1, 0.15) is 0 Å². The Kier molecular flexibility index (Phi) is 6.86. The summed E-state index contributed by atoms with van der Waals surface area (Å²) in [7, 11) is 0. The zero-order valence-corrected chi connectivity index (χ0v) is 17.7. The summed E-state index contributed by atoms with van der Waals surface area (Å²) in [4.78, 5) is 27.1. The molecule has 2 aromatic rings. The molecule has 2 amide bonds. The Hall–Kier alpha value is -2.58. The monoisotopic (exact) mass is 429 g/mol. The van der Waals surface area contributed by atoms with Crippen LogP contribution in [0.25, 0.3) is 0 Å². The number of fused-ring (bicyclic) bond motifs is 1. The summed E-state index contributed by atoms with van der Waals surface area (Å²) < 4.78 is 10.6. The molecule has 0 aliphatic carbocycles. The maximum absolute atomic E-state index is 12.4. The number of nitrogens with one attached hydrogen (secondary N) is 2. The number of rotatable bonds is 6. The van der Waals surface area contributed by atoms with Crippen LogP contribution in [0.2, 0.25) is 0 Å². The number of ether oxygens (including phenoxy) is 2. The highest BCUT2D eigenvalue weighted by molar-refractivity contribution is 7.08. The van der Waals surface area contributed by atoms with Crippen LogP contribution in [0, 0.1) is 0 Å². The third-order valence-electron chi connectivity index (χ3n) is 5.56. The number of carbonyl (C=O) groups excluding carboxylic acids is 2. The minimum Gasteiger partial charge on any atom is -0.454 e. The second kappa shape index (κ2) is 9.95. The molecule has 1 aromatic carbocycles. The Morgan fingerprint density at radius 1 is 1.00 bits per heavy atom. The zero-order chi connectivity index (χ0) is 20.8. The molecule has 1 saturated heterocycles. The third kappa shape index (κ3) is 5.12. The minimum absolute atomic E-state index is 0.0972. The minimum atomic E-state index is -0.632. The molecule has 4 rings (SSSR count). The van der Waals surface area contributed by atoms with Gasteiger partial charge in [-0.1, -0.05) is 18.9 Å². The van der Waals surface area contributed by atoms with Gasteiger partial charge in [0.2, 0.25) is 6.79 Å². The van der Waals surface area contributed by atoms with E-state index >= 15 is 0 Å². The van der Waals surface area contributed by atoms with Gasteiger partial charge >= 0.3 is 11.8 Å². The predicted octanol–water partition coefficient (Wildman–Crippen LogP) is 2.83. The summed E-state index contributed by atoms with van der Waals surface area (Å²) in [5.41, 5.74) is 2.05. The Morgan fingerprint density at radius 3 is 2.53 bits per heavy atom. The quantitative estimate of drug-likeness (QED) is 0.691. The number of carbonyl (C=O) groups is 2. The van der Waals surface area contributed by atoms with Crippen molar-refractivity contribution in [2.75, 3.05) is 26.4 Å². The van der Waals surface area contributed by atoms with E-state index in [-0.39, 0.29) is 19.4 Å². The van der Waals surface area contributed by atoms with Crippen molar-refractivity contribution in [3.63, 3.8) is 0 Å². The Bertz CT molecular complexity index is 863. The summed E-state index contributed by atoms with van der Waals surface area (Å²) in [6.07, 6.45) is 4.85. The summed E-state index contributed by atoms with van der Waals surface area (Å²) in [5.74, 6) is 0.108. The van der Waals surface area contributed by atoms with Crippen LogP contribution >= 0.6 is 11.3 Å². The highest BCUT2D eigenvalue weighted by Crippen LogP contribution is 2.32. The fraction of sp³-hybridized carbons (Fsp3) is 0.455. The summed E-state index contributed by atoms with van der Waals surface area (Å²) in [6.45, 7) is 2.92. The van der Waals surface area contributed by atoms with Crippen molar-refractivity contribution in [1.82, 2.24) is 15.5 Å². The highest BCUT2D eigenvalue weighted by atomic mass is 32.1. The molecule has 1 atom stereocenters. The van der Waals surface area contributed by atoms with Crippen LogP contribution in [0.1, 0.15) is 42.9 Å². The molecule has 0 radical (unpaired) electrons. The molecule has 3 heterocycles. The van der Waals surface area contributed by atoms with Gasteiger partial charge in [0.25, 0.3) is 0 Å². The van der Waals surface area contributed by atoms with Gasteiger partial charge in [-0.05, 0) is 66.0 Å². The molecule has 2 aliphatic heterocycles. The molecule has 8 heteroatoms. The number of hydrogen-bond donors (Lipinski definition) is 2. The second-order valence-electron chi connectivity index (χ2n) is 7.60. The molecule has 2 aliphatic rings. The topological polar surface area (TPSA) is 79.9 Å². The van der Waals surface area contributed by atoms with Crippen LogP contribution < -0.4 is 20.1 Å². The van der Waals surface area contributed by atoms with Gasteiger partial charge in [-0.15, -0.1) is 0 Å². The van der Waals surface area contributed by atoms with Gasteiger partial charge in [-0.3, -0.25) is 14.5 Å². The average molecular weight is 430 g/mol. The first-order chi connectivity index (χ1) is 14.7. The molecule has 30 heavy (non-hydrogen) atoms. The first-order valence-corrected chi connectivity index (χ1v) is 11.4. The van der Waals surface area contributed by atoms with E-state index in [0.717, 1.165) is 18.7 Å². The van der Waals surface area contributed by atoms with E-state index in [9.17, 15) is 9.59 Å². The van der Waals surface area contributed by atoms with E-state index in [0.29, 0.717) is 18.0 Å². The summed E-state index contributed by atoms with van der Waals surface area (Å²) >= 11 is 1.65. The summed E-state index contributed by atoms with van der Waals surface area (Å²) in [5, 5.41) is 9.69. The molecule has 0 bridgehead atoms. The van der Waals surface area contributed by atoms with Crippen molar-refractivity contribution in [3.8, 4) is 11.5 Å². The van der Waals surface area contributed by atoms with E-state index in [1.807, 2.05) is 12.1 Å². The fourth-order valence-electron chi connectivity index (χ4n) is 3.91. The van der Waals surface area contributed by atoms with Crippen LogP contribution in [0.3, 0.4) is 0 Å². The Labute approximate surface area is 180 Å². The van der Waals surface area contributed by atoms with Crippen LogP contribution in [0.5, 0.6) is 11.5 Å². The lowest BCUT2D eigenvalue weighted by Gasteiger charge is -2.30. The standard InChI is InChI=1S/C22H27N3O4S/c26-21(23-12-16-5-6-19-20(11-16)29-15-28-19)22(27)24-13-18(17-7-10-30-14-17)25-8-3-1-2-4-9-25/h5-7,10-11,14,18H,1-4,8-9,12-13,15H2,(H,23,26)(H,24,27). The molecule has 0 saturated carbocycles. The Balaban J connectivity index is 1.30. The lowest BCUT2D eigenvalue weighted by molar-refractivity contribution is -0.139. The van der Waals surface area contributed by atoms with Gasteiger partial charge in [0.05, 0.1) is 6.04 Å². The van der Waals surface area contributed by atoms with Crippen molar-refractivity contribution in [2.45, 2.75) is 38.3 Å². The first kappa shape index (κ1) is 20.7. The molecule has 160 valence electrons. The second-order valence-corrected chi connectivity index (χ2v) is 8.38. The highest BCUT2D eigenvalue weighted by Gasteiger charge is 2.24. The van der Waals surface area contributed by atoms with E-state index < -0.39 is 11.8 Å². The van der Waals surface area contributed by atoms with E-state index in [2.05, 4.69) is 32.4 Å². The molecule has 1 aromatic heterocycles.